The van der Waals surface area contributed by atoms with Crippen molar-refractivity contribution in [2.24, 2.45) is 0 Å². The molecule has 0 fully saturated rings. The molecule has 0 atom stereocenters. The van der Waals surface area contributed by atoms with Gasteiger partial charge in [-0.3, -0.25) is 9.59 Å². The van der Waals surface area contributed by atoms with Crippen LogP contribution >= 0.6 is 11.6 Å². The van der Waals surface area contributed by atoms with Crippen molar-refractivity contribution in [2.75, 3.05) is 5.32 Å². The minimum atomic E-state index is -0.203. The summed E-state index contributed by atoms with van der Waals surface area (Å²) in [6.45, 7) is 0.352. The molecule has 0 saturated heterocycles. The summed E-state index contributed by atoms with van der Waals surface area (Å²) in [6, 6.07) is 23.1. The third-order valence-electron chi connectivity index (χ3n) is 3.84. The minimum absolute atomic E-state index is 0.193. The van der Waals surface area contributed by atoms with Gasteiger partial charge in [-0.25, -0.2) is 0 Å². The van der Waals surface area contributed by atoms with Crippen LogP contribution in [-0.4, -0.2) is 11.8 Å². The first-order chi connectivity index (χ1) is 12.6. The predicted octanol–water partition coefficient (Wildman–Crippen LogP) is 4.52. The van der Waals surface area contributed by atoms with Crippen molar-refractivity contribution < 1.29 is 9.59 Å². The lowest BCUT2D eigenvalue weighted by Crippen LogP contribution is -2.23. The second-order valence-electron chi connectivity index (χ2n) is 5.67. The van der Waals surface area contributed by atoms with E-state index in [1.54, 1.807) is 54.6 Å². The van der Waals surface area contributed by atoms with Gasteiger partial charge in [-0.15, -0.1) is 0 Å². The zero-order valence-corrected chi connectivity index (χ0v) is 14.7. The number of carbonyl (C=O) groups is 2. The number of hydrogen-bond donors (Lipinski definition) is 2. The van der Waals surface area contributed by atoms with Gasteiger partial charge in [0, 0.05) is 28.4 Å². The standard InChI is InChI=1S/C21H17ClN2O2/c22-19-9-5-4-8-17(19)14-23-20(25)16-10-12-18(13-11-16)24-21(26)15-6-2-1-3-7-15/h1-13H,14H2,(H,23,25)(H,24,26). The molecule has 2 amide bonds. The van der Waals surface area contributed by atoms with Crippen LogP contribution in [0, 0.1) is 0 Å². The average molecular weight is 365 g/mol. The van der Waals surface area contributed by atoms with Crippen LogP contribution in [0.2, 0.25) is 5.02 Å². The topological polar surface area (TPSA) is 58.2 Å². The maximum Gasteiger partial charge on any atom is 0.255 e. The molecule has 0 radical (unpaired) electrons. The molecule has 130 valence electrons. The van der Waals surface area contributed by atoms with Gasteiger partial charge in [-0.1, -0.05) is 48.0 Å². The van der Waals surface area contributed by atoms with Gasteiger partial charge in [0.15, 0.2) is 0 Å². The normalized spacial score (nSPS) is 10.2. The van der Waals surface area contributed by atoms with Crippen molar-refractivity contribution >= 4 is 29.1 Å². The molecule has 0 saturated carbocycles. The van der Waals surface area contributed by atoms with Gasteiger partial charge in [0.05, 0.1) is 0 Å². The summed E-state index contributed by atoms with van der Waals surface area (Å²) in [5, 5.41) is 6.25. The average Bonchev–Trinajstić information content (AvgIpc) is 2.68. The molecule has 2 N–H and O–H groups in total. The molecule has 4 nitrogen and oxygen atoms in total. The molecule has 0 heterocycles. The Morgan fingerprint density at radius 2 is 1.35 bits per heavy atom. The second-order valence-corrected chi connectivity index (χ2v) is 6.08. The van der Waals surface area contributed by atoms with E-state index in [9.17, 15) is 9.59 Å². The monoisotopic (exact) mass is 364 g/mol. The smallest absolute Gasteiger partial charge is 0.255 e. The van der Waals surface area contributed by atoms with Gasteiger partial charge in [-0.2, -0.15) is 0 Å². The molecular weight excluding hydrogens is 348 g/mol. The van der Waals surface area contributed by atoms with Gasteiger partial charge in [0.2, 0.25) is 0 Å². The Morgan fingerprint density at radius 1 is 0.731 bits per heavy atom. The van der Waals surface area contributed by atoms with Gasteiger partial charge in [0.1, 0.15) is 0 Å². The fourth-order valence-corrected chi connectivity index (χ4v) is 2.62. The Kier molecular flexibility index (Phi) is 5.66. The molecule has 0 spiro atoms. The van der Waals surface area contributed by atoms with Crippen LogP contribution in [0.25, 0.3) is 0 Å². The minimum Gasteiger partial charge on any atom is -0.348 e. The van der Waals surface area contributed by atoms with Crippen molar-refractivity contribution in [1.29, 1.82) is 0 Å². The summed E-state index contributed by atoms with van der Waals surface area (Å²) in [6.07, 6.45) is 0. The van der Waals surface area contributed by atoms with Crippen molar-refractivity contribution in [3.8, 4) is 0 Å². The van der Waals surface area contributed by atoms with Crippen LogP contribution in [-0.2, 0) is 6.54 Å². The molecule has 3 rings (SSSR count). The number of amides is 2. The number of rotatable bonds is 5. The Morgan fingerprint density at radius 3 is 2.04 bits per heavy atom. The second kappa shape index (κ2) is 8.32. The first-order valence-electron chi connectivity index (χ1n) is 8.11. The third kappa shape index (κ3) is 4.49. The fourth-order valence-electron chi connectivity index (χ4n) is 2.42. The van der Waals surface area contributed by atoms with E-state index in [1.807, 2.05) is 24.3 Å². The molecule has 0 unspecified atom stereocenters. The van der Waals surface area contributed by atoms with E-state index in [2.05, 4.69) is 10.6 Å². The maximum atomic E-state index is 12.2. The summed E-state index contributed by atoms with van der Waals surface area (Å²) in [5.41, 5.74) is 2.57. The lowest BCUT2D eigenvalue weighted by atomic mass is 10.1. The first-order valence-corrected chi connectivity index (χ1v) is 8.49. The quantitative estimate of drug-likeness (QED) is 0.699. The highest BCUT2D eigenvalue weighted by atomic mass is 35.5. The summed E-state index contributed by atoms with van der Waals surface area (Å²) >= 11 is 6.08. The number of nitrogens with one attached hydrogen (secondary N) is 2. The van der Waals surface area contributed by atoms with E-state index in [0.717, 1.165) is 5.56 Å². The molecular formula is C21H17ClN2O2. The number of anilines is 1. The lowest BCUT2D eigenvalue weighted by molar-refractivity contribution is 0.0950. The highest BCUT2D eigenvalue weighted by Gasteiger charge is 2.08. The SMILES string of the molecule is O=C(NCc1ccccc1Cl)c1ccc(NC(=O)c2ccccc2)cc1. The highest BCUT2D eigenvalue weighted by Crippen LogP contribution is 2.15. The van der Waals surface area contributed by atoms with E-state index in [4.69, 9.17) is 11.6 Å². The molecule has 0 aromatic heterocycles. The van der Waals surface area contributed by atoms with E-state index in [-0.39, 0.29) is 11.8 Å². The molecule has 0 aliphatic rings. The number of benzene rings is 3. The predicted molar refractivity (Wildman–Crippen MR) is 103 cm³/mol. The van der Waals surface area contributed by atoms with Gasteiger partial charge in [0.25, 0.3) is 11.8 Å². The summed E-state index contributed by atoms with van der Waals surface area (Å²) in [5.74, 6) is -0.396. The summed E-state index contributed by atoms with van der Waals surface area (Å²) < 4.78 is 0. The summed E-state index contributed by atoms with van der Waals surface area (Å²) in [7, 11) is 0. The van der Waals surface area contributed by atoms with E-state index in [0.29, 0.717) is 28.4 Å². The number of carbonyl (C=O) groups excluding carboxylic acids is 2. The van der Waals surface area contributed by atoms with Crippen LogP contribution in [0.3, 0.4) is 0 Å². The van der Waals surface area contributed by atoms with Crippen LogP contribution < -0.4 is 10.6 Å². The largest absolute Gasteiger partial charge is 0.348 e. The molecule has 3 aromatic rings. The Bertz CT molecular complexity index is 909. The molecule has 0 bridgehead atoms. The molecule has 0 aliphatic heterocycles. The number of hydrogen-bond acceptors (Lipinski definition) is 2. The van der Waals surface area contributed by atoms with Gasteiger partial charge >= 0.3 is 0 Å². The van der Waals surface area contributed by atoms with Crippen LogP contribution in [0.15, 0.2) is 78.9 Å². The van der Waals surface area contributed by atoms with Crippen molar-refractivity contribution in [3.63, 3.8) is 0 Å². The van der Waals surface area contributed by atoms with Gasteiger partial charge in [-0.05, 0) is 48.0 Å². The number of halogens is 1. The van der Waals surface area contributed by atoms with Crippen molar-refractivity contribution in [2.45, 2.75) is 6.54 Å². The Labute approximate surface area is 156 Å². The zero-order valence-electron chi connectivity index (χ0n) is 13.9. The van der Waals surface area contributed by atoms with E-state index in [1.165, 1.54) is 0 Å². The van der Waals surface area contributed by atoms with E-state index < -0.39 is 0 Å². The highest BCUT2D eigenvalue weighted by molar-refractivity contribution is 6.31. The molecule has 26 heavy (non-hydrogen) atoms. The fraction of sp³-hybridized carbons (Fsp3) is 0.0476. The van der Waals surface area contributed by atoms with Crippen LogP contribution in [0.5, 0.6) is 0 Å². The Balaban J connectivity index is 1.59. The van der Waals surface area contributed by atoms with Crippen molar-refractivity contribution in [1.82, 2.24) is 5.32 Å². The maximum absolute atomic E-state index is 12.2. The van der Waals surface area contributed by atoms with Crippen molar-refractivity contribution in [3.05, 3.63) is 101 Å². The molecule has 0 aliphatic carbocycles. The Hall–Kier alpha value is -3.11. The zero-order chi connectivity index (χ0) is 18.4. The molecule has 3 aromatic carbocycles. The first kappa shape index (κ1) is 17.7. The molecule has 5 heteroatoms. The van der Waals surface area contributed by atoms with Crippen LogP contribution in [0.4, 0.5) is 5.69 Å². The van der Waals surface area contributed by atoms with Crippen LogP contribution in [0.1, 0.15) is 26.3 Å². The summed E-state index contributed by atoms with van der Waals surface area (Å²) in [4.78, 5) is 24.4. The van der Waals surface area contributed by atoms with E-state index >= 15 is 0 Å². The third-order valence-corrected chi connectivity index (χ3v) is 4.21. The lowest BCUT2D eigenvalue weighted by Gasteiger charge is -2.08. The van der Waals surface area contributed by atoms with Gasteiger partial charge < -0.3 is 10.6 Å².